The van der Waals surface area contributed by atoms with E-state index in [1.54, 1.807) is 0 Å². The SMILES string of the molecule is N/C(=N/c1nc(N)cc(N)n1)Nc1ccccc1C(F)(F)F. The molecule has 0 atom stereocenters. The lowest BCUT2D eigenvalue weighted by atomic mass is 10.1. The Morgan fingerprint density at radius 1 is 1.09 bits per heavy atom. The molecule has 1 aromatic heterocycles. The molecule has 1 heterocycles. The zero-order valence-electron chi connectivity index (χ0n) is 11.1. The number of nitrogen functional groups attached to an aromatic ring is 2. The molecular weight excluding hydrogens is 299 g/mol. The molecule has 0 aliphatic carbocycles. The number of rotatable bonds is 2. The average Bonchev–Trinajstić information content (AvgIpc) is 2.36. The van der Waals surface area contributed by atoms with Gasteiger partial charge in [0.15, 0.2) is 0 Å². The third-order valence-corrected chi connectivity index (χ3v) is 2.47. The van der Waals surface area contributed by atoms with E-state index in [-0.39, 0.29) is 29.2 Å². The Morgan fingerprint density at radius 3 is 2.27 bits per heavy atom. The van der Waals surface area contributed by atoms with E-state index >= 15 is 0 Å². The van der Waals surface area contributed by atoms with Gasteiger partial charge in [0.25, 0.3) is 5.95 Å². The molecule has 0 amide bonds. The summed E-state index contributed by atoms with van der Waals surface area (Å²) in [6, 6.07) is 6.15. The molecule has 2 rings (SSSR count). The van der Waals surface area contributed by atoms with E-state index in [0.29, 0.717) is 0 Å². The van der Waals surface area contributed by atoms with Crippen molar-refractivity contribution in [3.8, 4) is 0 Å². The molecule has 7 nitrogen and oxygen atoms in total. The van der Waals surface area contributed by atoms with Crippen molar-refractivity contribution in [2.75, 3.05) is 16.8 Å². The fraction of sp³-hybridized carbons (Fsp3) is 0.0833. The van der Waals surface area contributed by atoms with Crippen LogP contribution in [-0.4, -0.2) is 15.9 Å². The van der Waals surface area contributed by atoms with Gasteiger partial charge in [-0.25, -0.2) is 0 Å². The molecule has 0 aliphatic rings. The number of nitrogens with zero attached hydrogens (tertiary/aromatic N) is 3. The molecule has 0 spiro atoms. The van der Waals surface area contributed by atoms with Crippen LogP contribution in [0.3, 0.4) is 0 Å². The fourth-order valence-corrected chi connectivity index (χ4v) is 1.63. The fourth-order valence-electron chi connectivity index (χ4n) is 1.63. The number of alkyl halides is 3. The van der Waals surface area contributed by atoms with Gasteiger partial charge >= 0.3 is 6.18 Å². The van der Waals surface area contributed by atoms with Crippen LogP contribution in [0.15, 0.2) is 35.3 Å². The first-order chi connectivity index (χ1) is 10.3. The van der Waals surface area contributed by atoms with Gasteiger partial charge in [-0.05, 0) is 12.1 Å². The predicted molar refractivity (Wildman–Crippen MR) is 77.2 cm³/mol. The highest BCUT2D eigenvalue weighted by atomic mass is 19.4. The van der Waals surface area contributed by atoms with Crippen molar-refractivity contribution in [3.05, 3.63) is 35.9 Å². The number of nitrogens with one attached hydrogen (secondary N) is 1. The van der Waals surface area contributed by atoms with Crippen LogP contribution in [0.2, 0.25) is 0 Å². The molecular formula is C12H12F3N7. The van der Waals surface area contributed by atoms with Gasteiger partial charge in [0.05, 0.1) is 11.3 Å². The largest absolute Gasteiger partial charge is 0.418 e. The van der Waals surface area contributed by atoms with E-state index in [1.807, 2.05) is 0 Å². The summed E-state index contributed by atoms with van der Waals surface area (Å²) >= 11 is 0. The Morgan fingerprint density at radius 2 is 1.68 bits per heavy atom. The zero-order chi connectivity index (χ0) is 16.3. The minimum absolute atomic E-state index is 0.0646. The molecule has 0 saturated carbocycles. The second-order valence-corrected chi connectivity index (χ2v) is 4.18. The van der Waals surface area contributed by atoms with Gasteiger partial charge in [0, 0.05) is 6.07 Å². The zero-order valence-corrected chi connectivity index (χ0v) is 11.1. The van der Waals surface area contributed by atoms with Crippen molar-refractivity contribution < 1.29 is 13.2 Å². The van der Waals surface area contributed by atoms with Crippen LogP contribution in [-0.2, 0) is 6.18 Å². The molecule has 7 N–H and O–H groups in total. The number of hydrogen-bond acceptors (Lipinski definition) is 5. The maximum Gasteiger partial charge on any atom is 0.418 e. The van der Waals surface area contributed by atoms with Gasteiger partial charge < -0.3 is 22.5 Å². The first kappa shape index (κ1) is 15.4. The van der Waals surface area contributed by atoms with Gasteiger partial charge in [-0.1, -0.05) is 12.1 Å². The molecule has 0 aliphatic heterocycles. The Kier molecular flexibility index (Phi) is 4.02. The topological polar surface area (TPSA) is 128 Å². The van der Waals surface area contributed by atoms with Crippen molar-refractivity contribution in [3.63, 3.8) is 0 Å². The number of guanidine groups is 1. The Bertz CT molecular complexity index is 692. The average molecular weight is 311 g/mol. The lowest BCUT2D eigenvalue weighted by Crippen LogP contribution is -2.24. The minimum atomic E-state index is -4.53. The summed E-state index contributed by atoms with van der Waals surface area (Å²) in [6.45, 7) is 0. The van der Waals surface area contributed by atoms with Crippen LogP contribution < -0.4 is 22.5 Å². The van der Waals surface area contributed by atoms with E-state index in [2.05, 4.69) is 20.3 Å². The van der Waals surface area contributed by atoms with E-state index in [9.17, 15) is 13.2 Å². The van der Waals surface area contributed by atoms with E-state index in [0.717, 1.165) is 6.07 Å². The third kappa shape index (κ3) is 3.75. The monoisotopic (exact) mass is 311 g/mol. The minimum Gasteiger partial charge on any atom is -0.383 e. The highest BCUT2D eigenvalue weighted by Gasteiger charge is 2.33. The van der Waals surface area contributed by atoms with Crippen molar-refractivity contribution in [1.29, 1.82) is 0 Å². The number of anilines is 3. The smallest absolute Gasteiger partial charge is 0.383 e. The third-order valence-electron chi connectivity index (χ3n) is 2.47. The Labute approximate surface area is 123 Å². The maximum atomic E-state index is 12.9. The van der Waals surface area contributed by atoms with Gasteiger partial charge in [0.1, 0.15) is 11.6 Å². The van der Waals surface area contributed by atoms with Gasteiger partial charge in [0.2, 0.25) is 5.96 Å². The van der Waals surface area contributed by atoms with Crippen LogP contribution >= 0.6 is 0 Å². The molecule has 116 valence electrons. The van der Waals surface area contributed by atoms with Gasteiger partial charge in [-0.15, -0.1) is 0 Å². The Balaban J connectivity index is 2.29. The van der Waals surface area contributed by atoms with E-state index in [1.165, 1.54) is 24.3 Å². The molecule has 0 radical (unpaired) electrons. The molecule has 0 fully saturated rings. The summed E-state index contributed by atoms with van der Waals surface area (Å²) in [5, 5.41) is 2.35. The van der Waals surface area contributed by atoms with Crippen LogP contribution in [0, 0.1) is 0 Å². The second-order valence-electron chi connectivity index (χ2n) is 4.18. The summed E-state index contributed by atoms with van der Waals surface area (Å²) < 4.78 is 38.6. The van der Waals surface area contributed by atoms with Crippen LogP contribution in [0.25, 0.3) is 0 Å². The number of nitrogens with two attached hydrogens (primary N) is 3. The molecule has 10 heteroatoms. The molecule has 2 aromatic rings. The van der Waals surface area contributed by atoms with Gasteiger partial charge in [-0.2, -0.15) is 28.1 Å². The van der Waals surface area contributed by atoms with Crippen LogP contribution in [0.5, 0.6) is 0 Å². The van der Waals surface area contributed by atoms with E-state index < -0.39 is 11.7 Å². The highest BCUT2D eigenvalue weighted by Crippen LogP contribution is 2.34. The summed E-state index contributed by atoms with van der Waals surface area (Å²) in [5.41, 5.74) is 15.4. The maximum absolute atomic E-state index is 12.9. The number of hydrogen-bond donors (Lipinski definition) is 4. The van der Waals surface area contributed by atoms with Crippen molar-refractivity contribution in [2.24, 2.45) is 10.7 Å². The quantitative estimate of drug-likeness (QED) is 0.494. The second kappa shape index (κ2) is 5.76. The number of aromatic nitrogens is 2. The lowest BCUT2D eigenvalue weighted by molar-refractivity contribution is -0.136. The summed E-state index contributed by atoms with van der Waals surface area (Å²) in [5.74, 6) is -0.363. The molecule has 22 heavy (non-hydrogen) atoms. The molecule has 1 aromatic carbocycles. The van der Waals surface area contributed by atoms with Crippen molar-refractivity contribution in [2.45, 2.75) is 6.18 Å². The highest BCUT2D eigenvalue weighted by molar-refractivity contribution is 5.94. The van der Waals surface area contributed by atoms with Gasteiger partial charge in [-0.3, -0.25) is 0 Å². The van der Waals surface area contributed by atoms with Crippen LogP contribution in [0.4, 0.5) is 36.4 Å². The standard InChI is InChI=1S/C12H12F3N7/c13-12(14,15)6-3-1-2-4-7(6)19-10(18)22-11-20-8(16)5-9(17)21-11/h1-5H,(H7,16,17,18,19,20,21,22). The van der Waals surface area contributed by atoms with Crippen molar-refractivity contribution in [1.82, 2.24) is 9.97 Å². The summed E-state index contributed by atoms with van der Waals surface area (Å²) in [6.07, 6.45) is -4.53. The summed E-state index contributed by atoms with van der Waals surface area (Å²) in [4.78, 5) is 11.2. The number of halogens is 3. The number of benzene rings is 1. The summed E-state index contributed by atoms with van der Waals surface area (Å²) in [7, 11) is 0. The van der Waals surface area contributed by atoms with Crippen molar-refractivity contribution >= 4 is 29.2 Å². The predicted octanol–water partition coefficient (Wildman–Crippen LogP) is 1.72. The number of para-hydroxylation sites is 1. The first-order valence-corrected chi connectivity index (χ1v) is 5.93. The molecule has 0 saturated heterocycles. The molecule has 0 unspecified atom stereocenters. The number of aliphatic imine (C=N–C) groups is 1. The normalized spacial score (nSPS) is 12.2. The van der Waals surface area contributed by atoms with Crippen LogP contribution in [0.1, 0.15) is 5.56 Å². The first-order valence-electron chi connectivity index (χ1n) is 5.93. The van der Waals surface area contributed by atoms with E-state index in [4.69, 9.17) is 17.2 Å². The molecule has 0 bridgehead atoms. The lowest BCUT2D eigenvalue weighted by Gasteiger charge is -2.13. The Hall–Kier alpha value is -3.04.